The molecule has 13 heteroatoms. The average Bonchev–Trinajstić information content (AvgIpc) is 2.78. The van der Waals surface area contributed by atoms with Crippen LogP contribution in [0.2, 0.25) is 0 Å². The van der Waals surface area contributed by atoms with Crippen molar-refractivity contribution in [2.45, 2.75) is 50.2 Å². The summed E-state index contributed by atoms with van der Waals surface area (Å²) < 4.78 is 0. The number of primary amides is 2. The second-order valence-corrected chi connectivity index (χ2v) is 7.48. The Morgan fingerprint density at radius 1 is 0.765 bits per heavy atom. The van der Waals surface area contributed by atoms with Gasteiger partial charge in [0.1, 0.15) is 18.1 Å². The lowest BCUT2D eigenvalue weighted by Crippen LogP contribution is -2.56. The van der Waals surface area contributed by atoms with E-state index < -0.39 is 53.6 Å². The van der Waals surface area contributed by atoms with Crippen LogP contribution in [-0.4, -0.2) is 65.3 Å². The molecule has 0 aliphatic carbocycles. The molecule has 5 amide bonds. The highest BCUT2D eigenvalue weighted by Crippen LogP contribution is 2.07. The second-order valence-electron chi connectivity index (χ2n) is 7.48. The molecule has 10 N–H and O–H groups in total. The Bertz CT molecular complexity index is 893. The maximum atomic E-state index is 13.0. The number of carboxylic acid groups (broad SMARTS) is 1. The molecule has 0 aliphatic heterocycles. The summed E-state index contributed by atoms with van der Waals surface area (Å²) in [5.41, 5.74) is 16.2. The van der Waals surface area contributed by atoms with Gasteiger partial charge in [0.25, 0.3) is 0 Å². The van der Waals surface area contributed by atoms with E-state index in [1.807, 2.05) is 0 Å². The maximum Gasteiger partial charge on any atom is 0.326 e. The summed E-state index contributed by atoms with van der Waals surface area (Å²) in [5.74, 6) is -5.17. The van der Waals surface area contributed by atoms with Crippen LogP contribution in [0, 0.1) is 0 Å². The van der Waals surface area contributed by atoms with Crippen molar-refractivity contribution in [3.05, 3.63) is 35.9 Å². The number of carbonyl (C=O) groups excluding carboxylic acids is 5. The van der Waals surface area contributed by atoms with Gasteiger partial charge in [-0.25, -0.2) is 4.79 Å². The molecular weight excluding hydrogens is 448 g/mol. The van der Waals surface area contributed by atoms with Crippen LogP contribution < -0.4 is 33.2 Å². The van der Waals surface area contributed by atoms with Gasteiger partial charge in [-0.2, -0.15) is 0 Å². The van der Waals surface area contributed by atoms with Crippen molar-refractivity contribution in [3.8, 4) is 0 Å². The van der Waals surface area contributed by atoms with Crippen LogP contribution in [0.15, 0.2) is 30.3 Å². The van der Waals surface area contributed by atoms with E-state index in [1.165, 1.54) is 0 Å². The molecule has 0 radical (unpaired) electrons. The van der Waals surface area contributed by atoms with Gasteiger partial charge in [0.2, 0.25) is 29.5 Å². The predicted molar refractivity (Wildman–Crippen MR) is 119 cm³/mol. The smallest absolute Gasteiger partial charge is 0.326 e. The highest BCUT2D eigenvalue weighted by molar-refractivity contribution is 5.94. The van der Waals surface area contributed by atoms with Crippen molar-refractivity contribution in [2.75, 3.05) is 6.54 Å². The number of carboxylic acids is 1. The Balaban J connectivity index is 3.03. The lowest BCUT2D eigenvalue weighted by molar-refractivity contribution is -0.142. The van der Waals surface area contributed by atoms with E-state index in [1.54, 1.807) is 30.3 Å². The molecule has 186 valence electrons. The summed E-state index contributed by atoms with van der Waals surface area (Å²) in [6.07, 6.45) is -0.983. The molecule has 3 atom stereocenters. The van der Waals surface area contributed by atoms with Gasteiger partial charge in [-0.1, -0.05) is 30.3 Å². The fourth-order valence-electron chi connectivity index (χ4n) is 2.96. The van der Waals surface area contributed by atoms with Crippen LogP contribution in [-0.2, 0) is 35.2 Å². The van der Waals surface area contributed by atoms with Gasteiger partial charge < -0.3 is 38.3 Å². The van der Waals surface area contributed by atoms with E-state index in [0.717, 1.165) is 5.56 Å². The zero-order chi connectivity index (χ0) is 25.7. The largest absolute Gasteiger partial charge is 0.480 e. The standard InChI is InChI=1S/C21H30N6O7/c22-11-18(30)25-15(10-12-4-2-1-3-5-12)20(32)26-13(6-8-16(23)28)19(31)27-14(21(33)34)7-9-17(24)29/h1-5,13-15H,6-11,22H2,(H2,23,28)(H2,24,29)(H,25,30)(H,26,32)(H,27,31)(H,33,34). The number of nitrogens with two attached hydrogens (primary N) is 3. The first-order chi connectivity index (χ1) is 16.0. The average molecular weight is 479 g/mol. The SMILES string of the molecule is NCC(=O)NC(Cc1ccccc1)C(=O)NC(CCC(N)=O)C(=O)NC(CCC(N)=O)C(=O)O. The van der Waals surface area contributed by atoms with E-state index >= 15 is 0 Å². The molecule has 0 bridgehead atoms. The van der Waals surface area contributed by atoms with Gasteiger partial charge in [-0.05, 0) is 18.4 Å². The first-order valence-corrected chi connectivity index (χ1v) is 10.5. The number of nitrogens with one attached hydrogen (secondary N) is 3. The van der Waals surface area contributed by atoms with E-state index in [9.17, 15) is 33.9 Å². The molecule has 1 rings (SSSR count). The quantitative estimate of drug-likeness (QED) is 0.139. The van der Waals surface area contributed by atoms with Crippen LogP contribution >= 0.6 is 0 Å². The third-order valence-electron chi connectivity index (χ3n) is 4.73. The van der Waals surface area contributed by atoms with Gasteiger partial charge in [0.15, 0.2) is 0 Å². The number of rotatable bonds is 15. The zero-order valence-electron chi connectivity index (χ0n) is 18.5. The molecule has 0 saturated carbocycles. The first kappa shape index (κ1) is 28.0. The highest BCUT2D eigenvalue weighted by atomic mass is 16.4. The third kappa shape index (κ3) is 10.5. The molecule has 0 spiro atoms. The summed E-state index contributed by atoms with van der Waals surface area (Å²) in [6.45, 7) is -0.371. The summed E-state index contributed by atoms with van der Waals surface area (Å²) in [6, 6.07) is 4.84. The molecule has 0 fully saturated rings. The fraction of sp³-hybridized carbons (Fsp3) is 0.429. The second kappa shape index (κ2) is 14.2. The van der Waals surface area contributed by atoms with E-state index in [2.05, 4.69) is 16.0 Å². The lowest BCUT2D eigenvalue weighted by atomic mass is 10.0. The molecule has 13 nitrogen and oxygen atoms in total. The van der Waals surface area contributed by atoms with Crippen LogP contribution in [0.3, 0.4) is 0 Å². The number of carbonyl (C=O) groups is 6. The van der Waals surface area contributed by atoms with E-state index in [4.69, 9.17) is 17.2 Å². The number of hydrogen-bond donors (Lipinski definition) is 7. The van der Waals surface area contributed by atoms with E-state index in [0.29, 0.717) is 0 Å². The van der Waals surface area contributed by atoms with Gasteiger partial charge in [-0.3, -0.25) is 24.0 Å². The Morgan fingerprint density at radius 2 is 1.26 bits per heavy atom. The van der Waals surface area contributed by atoms with Crippen LogP contribution in [0.25, 0.3) is 0 Å². The van der Waals surface area contributed by atoms with Crippen LogP contribution in [0.1, 0.15) is 31.2 Å². The van der Waals surface area contributed by atoms with Gasteiger partial charge >= 0.3 is 5.97 Å². The summed E-state index contributed by atoms with van der Waals surface area (Å²) in [5, 5.41) is 16.4. The Hall–Kier alpha value is -4.00. The topological polar surface area (TPSA) is 237 Å². The predicted octanol–water partition coefficient (Wildman–Crippen LogP) is -2.74. The molecular formula is C21H30N6O7. The Kier molecular flexibility index (Phi) is 11.7. The summed E-state index contributed by atoms with van der Waals surface area (Å²) in [7, 11) is 0. The van der Waals surface area contributed by atoms with E-state index in [-0.39, 0.29) is 38.6 Å². The number of hydrogen-bond acceptors (Lipinski definition) is 7. The normalized spacial score (nSPS) is 13.1. The van der Waals surface area contributed by atoms with Crippen LogP contribution in [0.5, 0.6) is 0 Å². The van der Waals surface area contributed by atoms with Crippen molar-refractivity contribution >= 4 is 35.5 Å². The lowest BCUT2D eigenvalue weighted by Gasteiger charge is -2.24. The first-order valence-electron chi connectivity index (χ1n) is 10.5. The van der Waals surface area contributed by atoms with Crippen LogP contribution in [0.4, 0.5) is 0 Å². The van der Waals surface area contributed by atoms with Crippen molar-refractivity contribution in [3.63, 3.8) is 0 Å². The number of amides is 5. The highest BCUT2D eigenvalue weighted by Gasteiger charge is 2.30. The number of benzene rings is 1. The van der Waals surface area contributed by atoms with Crippen molar-refractivity contribution < 1.29 is 33.9 Å². The Labute approximate surface area is 195 Å². The van der Waals surface area contributed by atoms with Crippen molar-refractivity contribution in [2.24, 2.45) is 17.2 Å². The van der Waals surface area contributed by atoms with Gasteiger partial charge in [0, 0.05) is 19.3 Å². The summed E-state index contributed by atoms with van der Waals surface area (Å²) in [4.78, 5) is 71.2. The van der Waals surface area contributed by atoms with Gasteiger partial charge in [0.05, 0.1) is 6.54 Å². The van der Waals surface area contributed by atoms with Crippen molar-refractivity contribution in [1.29, 1.82) is 0 Å². The molecule has 1 aromatic rings. The fourth-order valence-corrected chi connectivity index (χ4v) is 2.96. The molecule has 1 aromatic carbocycles. The molecule has 0 saturated heterocycles. The molecule has 0 aliphatic rings. The minimum atomic E-state index is -1.45. The van der Waals surface area contributed by atoms with Gasteiger partial charge in [-0.15, -0.1) is 0 Å². The number of aliphatic carboxylic acids is 1. The minimum Gasteiger partial charge on any atom is -0.480 e. The molecule has 0 heterocycles. The monoisotopic (exact) mass is 478 g/mol. The third-order valence-corrected chi connectivity index (χ3v) is 4.73. The maximum absolute atomic E-state index is 13.0. The van der Waals surface area contributed by atoms with Crippen molar-refractivity contribution in [1.82, 2.24) is 16.0 Å². The molecule has 34 heavy (non-hydrogen) atoms. The molecule has 3 unspecified atom stereocenters. The Morgan fingerprint density at radius 3 is 1.76 bits per heavy atom. The minimum absolute atomic E-state index is 0.0823. The summed E-state index contributed by atoms with van der Waals surface area (Å²) >= 11 is 0. The zero-order valence-corrected chi connectivity index (χ0v) is 18.5. The molecule has 0 aromatic heterocycles.